The molecule has 1 fully saturated rings. The van der Waals surface area contributed by atoms with Gasteiger partial charge in [0, 0.05) is 217 Å². The average molecular weight is 1370 g/mol. The molecule has 0 saturated heterocycles. The van der Waals surface area contributed by atoms with Crippen LogP contribution in [-0.2, 0) is 181 Å². The first-order valence-corrected chi connectivity index (χ1v) is 22.1. The molecule has 0 aromatic heterocycles. The standard InChI is InChI=1S/C10H12O.C10H11O.C8H16O.C7H5F2O.2C7H6FO.C7H7O.5Y/c1-7-4-3-5-9-6-8(2)11-10(7)9;1-8-6-7-9-4-2-3-5-10(9)11-8;1-7-5-3-4-6-8(7)9-2;1-10-6-4-2-3-5(8)7(6)9;1-9-7-4-2-3-6(8)5-7;1-9-7-5-3-2-4-6(7)8;1-8-7-5-3-2-4-6-7;;;;;/h3-5,8H,6H2,1-2H3;2-4,8H,6-7H2,1H3;7-8H,3-6H2,1-2H3;2-3H,1H3;2-3,5H,1H3;2-4H,1H3;2-5H,1H3;;;;;/q;-1;;4*-1;;;;;. The van der Waals surface area contributed by atoms with E-state index in [0.29, 0.717) is 24.1 Å². The van der Waals surface area contributed by atoms with E-state index in [1.54, 1.807) is 19.2 Å². The topological polar surface area (TPSA) is 64.6 Å². The molecule has 2 aliphatic heterocycles. The molecule has 2 heterocycles. The van der Waals surface area contributed by atoms with Crippen LogP contribution in [0.25, 0.3) is 0 Å². The van der Waals surface area contributed by atoms with Gasteiger partial charge >= 0.3 is 0 Å². The molecule has 4 atom stereocenters. The summed E-state index contributed by atoms with van der Waals surface area (Å²) in [7, 11) is 7.60. The van der Waals surface area contributed by atoms with Gasteiger partial charge < -0.3 is 33.2 Å². The summed E-state index contributed by atoms with van der Waals surface area (Å²) in [6, 6.07) is 44.3. The molecule has 72 heavy (non-hydrogen) atoms. The second kappa shape index (κ2) is 44.3. The SMILES string of the molecule is CC1CCc2ccc[c-]c2O1.COC1CCCCC1C.COc1[c-]ccc(F)c1.COc1[c-]ccc(F)c1F.COc1[c-]cccc1.COc1[c-]cccc1F.Cc1cccc2c1OC(C)C2.[Y].[Y].[Y].[Y].[Y]. The summed E-state index contributed by atoms with van der Waals surface area (Å²) in [5.74, 6) is 1.45. The zero-order valence-corrected chi connectivity index (χ0v) is 57.1. The third-order valence-electron chi connectivity index (χ3n) is 10.4. The van der Waals surface area contributed by atoms with Gasteiger partial charge in [-0.3, -0.25) is 8.78 Å². The Bertz CT molecular complexity index is 2300. The molecule has 1 saturated carbocycles. The van der Waals surface area contributed by atoms with Crippen molar-refractivity contribution >= 4 is 0 Å². The molecule has 4 unspecified atom stereocenters. The van der Waals surface area contributed by atoms with Crippen LogP contribution in [0.3, 0.4) is 0 Å². The maximum atomic E-state index is 12.5. The predicted molar refractivity (Wildman–Crippen MR) is 254 cm³/mol. The molecular weight excluding hydrogens is 1310 g/mol. The first-order valence-electron chi connectivity index (χ1n) is 22.1. The Labute approximate surface area is 552 Å². The fourth-order valence-electron chi connectivity index (χ4n) is 6.79. The maximum Gasteiger partial charge on any atom is 0.125 e. The smallest absolute Gasteiger partial charge is 0.125 e. The quantitative estimate of drug-likeness (QED) is 0.126. The number of methoxy groups -OCH3 is 5. The van der Waals surface area contributed by atoms with Gasteiger partial charge in [0.2, 0.25) is 0 Å². The van der Waals surface area contributed by atoms with Crippen molar-refractivity contribution in [1.82, 2.24) is 0 Å². The summed E-state index contributed by atoms with van der Waals surface area (Å²) < 4.78 is 84.6. The van der Waals surface area contributed by atoms with E-state index in [9.17, 15) is 17.6 Å². The number of fused-ring (bicyclic) bond motifs is 2. The van der Waals surface area contributed by atoms with Crippen LogP contribution in [0.4, 0.5) is 17.6 Å². The van der Waals surface area contributed by atoms with Crippen LogP contribution in [-0.4, -0.2) is 53.9 Å². The summed E-state index contributed by atoms with van der Waals surface area (Å²) in [4.78, 5) is 0. The van der Waals surface area contributed by atoms with Crippen LogP contribution in [0.5, 0.6) is 34.5 Å². The van der Waals surface area contributed by atoms with Gasteiger partial charge in [-0.05, 0) is 57.1 Å². The van der Waals surface area contributed by atoms with Gasteiger partial charge in [0.1, 0.15) is 11.9 Å². The second-order valence-corrected chi connectivity index (χ2v) is 15.5. The van der Waals surface area contributed by atoms with E-state index in [4.69, 9.17) is 23.7 Å². The van der Waals surface area contributed by atoms with Crippen LogP contribution in [0.15, 0.2) is 109 Å². The molecule has 1 aliphatic carbocycles. The van der Waals surface area contributed by atoms with Crippen molar-refractivity contribution in [2.75, 3.05) is 35.5 Å². The normalized spacial score (nSPS) is 15.7. The number of benzene rings is 6. The van der Waals surface area contributed by atoms with Crippen molar-refractivity contribution in [1.29, 1.82) is 0 Å². The van der Waals surface area contributed by atoms with Crippen molar-refractivity contribution in [3.63, 3.8) is 0 Å². The second-order valence-electron chi connectivity index (χ2n) is 15.5. The van der Waals surface area contributed by atoms with Gasteiger partial charge in [0.25, 0.3) is 0 Å². The fourth-order valence-corrected chi connectivity index (χ4v) is 6.79. The minimum Gasteiger partial charge on any atom is -0.523 e. The first kappa shape index (κ1) is 75.6. The largest absolute Gasteiger partial charge is 0.523 e. The third kappa shape index (κ3) is 29.2. The van der Waals surface area contributed by atoms with E-state index in [1.165, 1.54) is 94.0 Å². The predicted octanol–water partition coefficient (Wildman–Crippen LogP) is 13.3. The Morgan fingerprint density at radius 3 is 1.67 bits per heavy atom. The van der Waals surface area contributed by atoms with Crippen molar-refractivity contribution in [2.24, 2.45) is 5.92 Å². The summed E-state index contributed by atoms with van der Waals surface area (Å²) in [5, 5.41) is 0. The van der Waals surface area contributed by atoms with Crippen molar-refractivity contribution < 1.29 is 214 Å². The minimum absolute atomic E-state index is 0. The van der Waals surface area contributed by atoms with Gasteiger partial charge in [-0.1, -0.05) is 50.5 Å². The van der Waals surface area contributed by atoms with E-state index in [2.05, 4.69) is 91.8 Å². The number of para-hydroxylation sites is 4. The van der Waals surface area contributed by atoms with Crippen LogP contribution in [0.1, 0.15) is 69.6 Å². The molecule has 0 amide bonds. The Balaban J connectivity index is -0.000000765. The Morgan fingerprint density at radius 1 is 0.528 bits per heavy atom. The molecule has 0 bridgehead atoms. The molecule has 9 rings (SSSR count). The van der Waals surface area contributed by atoms with E-state index in [1.807, 2.05) is 43.5 Å². The van der Waals surface area contributed by atoms with Crippen molar-refractivity contribution in [3.05, 3.63) is 179 Å². The fraction of sp³-hybridized carbons (Fsp3) is 0.357. The van der Waals surface area contributed by atoms with Crippen LogP contribution in [0.2, 0.25) is 0 Å². The molecular formula is C56H63F4O7Y5-5. The van der Waals surface area contributed by atoms with Gasteiger partial charge in [-0.15, -0.1) is 60.2 Å². The zero-order chi connectivity index (χ0) is 49.0. The van der Waals surface area contributed by atoms with E-state index < -0.39 is 11.6 Å². The number of rotatable bonds is 5. The molecule has 3 aliphatic rings. The van der Waals surface area contributed by atoms with Crippen LogP contribution in [0, 0.1) is 66.4 Å². The molecule has 0 spiro atoms. The van der Waals surface area contributed by atoms with E-state index in [-0.39, 0.29) is 187 Å². The molecule has 7 nitrogen and oxygen atoms in total. The summed E-state index contributed by atoms with van der Waals surface area (Å²) in [6.45, 7) is 8.59. The van der Waals surface area contributed by atoms with Crippen LogP contribution < -0.4 is 28.4 Å². The number of hydrogen-bond donors (Lipinski definition) is 0. The Morgan fingerprint density at radius 2 is 1.14 bits per heavy atom. The summed E-state index contributed by atoms with van der Waals surface area (Å²) >= 11 is 0. The Kier molecular flexibility index (Phi) is 46.5. The number of halogens is 4. The van der Waals surface area contributed by atoms with E-state index in [0.717, 1.165) is 48.5 Å². The monoisotopic (exact) mass is 1370 g/mol. The number of hydrogen-bond acceptors (Lipinski definition) is 7. The van der Waals surface area contributed by atoms with Gasteiger partial charge in [0.15, 0.2) is 0 Å². The molecule has 0 N–H and O–H groups in total. The molecule has 6 aromatic carbocycles. The Hall–Kier alpha value is -0.681. The molecule has 377 valence electrons. The minimum atomic E-state index is -0.995. The van der Waals surface area contributed by atoms with E-state index >= 15 is 0 Å². The maximum absolute atomic E-state index is 12.5. The average Bonchev–Trinajstić information content (AvgIpc) is 3.75. The molecule has 5 radical (unpaired) electrons. The molecule has 16 heteroatoms. The first-order chi connectivity index (χ1) is 32.3. The van der Waals surface area contributed by atoms with Gasteiger partial charge in [-0.25, -0.2) is 8.78 Å². The van der Waals surface area contributed by atoms with Crippen molar-refractivity contribution in [2.45, 2.75) is 91.0 Å². The van der Waals surface area contributed by atoms with Gasteiger partial charge in [-0.2, -0.15) is 60.7 Å². The van der Waals surface area contributed by atoms with Crippen LogP contribution >= 0.6 is 0 Å². The third-order valence-corrected chi connectivity index (χ3v) is 10.4. The number of aryl methyl sites for hydroxylation is 2. The number of ether oxygens (including phenoxy) is 7. The zero-order valence-electron chi connectivity index (χ0n) is 42.9. The van der Waals surface area contributed by atoms with Crippen molar-refractivity contribution in [3.8, 4) is 34.5 Å². The summed E-state index contributed by atoms with van der Waals surface area (Å²) in [6.07, 6.45) is 10.0. The molecule has 6 aromatic rings. The van der Waals surface area contributed by atoms with Gasteiger partial charge in [0.05, 0.1) is 52.3 Å². The summed E-state index contributed by atoms with van der Waals surface area (Å²) in [5.41, 5.74) is 3.91.